The van der Waals surface area contributed by atoms with Crippen molar-refractivity contribution in [3.8, 4) is 5.69 Å². The zero-order valence-corrected chi connectivity index (χ0v) is 16.0. The summed E-state index contributed by atoms with van der Waals surface area (Å²) in [6.07, 6.45) is -3.13. The number of halogens is 3. The minimum Gasteiger partial charge on any atom is -0.353 e. The van der Waals surface area contributed by atoms with E-state index in [0.29, 0.717) is 26.2 Å². The van der Waals surface area contributed by atoms with E-state index in [9.17, 15) is 18.0 Å². The van der Waals surface area contributed by atoms with E-state index in [-0.39, 0.29) is 23.2 Å². The molecular weight excluding hydrogens is 399 g/mol. The third-order valence-corrected chi connectivity index (χ3v) is 4.70. The van der Waals surface area contributed by atoms with Crippen LogP contribution in [-0.2, 0) is 6.18 Å². The zero-order chi connectivity index (χ0) is 21.3. The van der Waals surface area contributed by atoms with Crippen molar-refractivity contribution in [3.63, 3.8) is 0 Å². The lowest BCUT2D eigenvalue weighted by Gasteiger charge is -2.35. The second-order valence-corrected chi connectivity index (χ2v) is 6.79. The Morgan fingerprint density at radius 3 is 2.40 bits per heavy atom. The van der Waals surface area contributed by atoms with E-state index in [4.69, 9.17) is 0 Å². The molecule has 11 heteroatoms. The first-order valence-corrected chi connectivity index (χ1v) is 9.26. The quantitative estimate of drug-likeness (QED) is 0.651. The maximum atomic E-state index is 13.0. The average molecular weight is 417 g/mol. The van der Waals surface area contributed by atoms with Crippen LogP contribution in [0.2, 0.25) is 0 Å². The molecule has 3 aromatic rings. The highest BCUT2D eigenvalue weighted by atomic mass is 19.4. The van der Waals surface area contributed by atoms with Crippen LogP contribution in [0, 0.1) is 6.92 Å². The zero-order valence-electron chi connectivity index (χ0n) is 16.0. The number of carbonyl (C=O) groups is 1. The van der Waals surface area contributed by atoms with Gasteiger partial charge in [0, 0.05) is 32.2 Å². The Balaban J connectivity index is 1.43. The number of aryl methyl sites for hydroxylation is 1. The molecule has 4 rings (SSSR count). The highest BCUT2D eigenvalue weighted by molar-refractivity contribution is 5.92. The molecule has 156 valence electrons. The Kier molecular flexibility index (Phi) is 5.10. The van der Waals surface area contributed by atoms with Crippen LogP contribution in [0.1, 0.15) is 22.0 Å². The number of rotatable bonds is 3. The Morgan fingerprint density at radius 2 is 1.73 bits per heavy atom. The molecule has 1 aromatic carbocycles. The van der Waals surface area contributed by atoms with Crippen LogP contribution in [0.5, 0.6) is 0 Å². The fourth-order valence-corrected chi connectivity index (χ4v) is 3.21. The molecule has 0 unspecified atom stereocenters. The summed E-state index contributed by atoms with van der Waals surface area (Å²) in [5.74, 6) is -0.0144. The van der Waals surface area contributed by atoms with Gasteiger partial charge in [0.05, 0.1) is 11.9 Å². The van der Waals surface area contributed by atoms with E-state index in [1.165, 1.54) is 17.9 Å². The van der Waals surface area contributed by atoms with E-state index >= 15 is 0 Å². The van der Waals surface area contributed by atoms with E-state index < -0.39 is 11.9 Å². The van der Waals surface area contributed by atoms with Crippen molar-refractivity contribution in [1.82, 2.24) is 29.9 Å². The van der Waals surface area contributed by atoms with Gasteiger partial charge in [-0.15, -0.1) is 5.10 Å². The molecule has 2 aromatic heterocycles. The molecule has 1 aliphatic rings. The average Bonchev–Trinajstić information content (AvgIpc) is 3.23. The van der Waals surface area contributed by atoms with Crippen LogP contribution in [0.15, 0.2) is 42.6 Å². The molecule has 3 heterocycles. The Hall–Kier alpha value is -3.50. The Labute approximate surface area is 170 Å². The SMILES string of the molecule is Cc1nc(N2CCN(C(=O)c3cnn(-c4ccccc4)n3)CC2)cc(C(F)(F)F)n1. The molecule has 1 fully saturated rings. The molecule has 0 spiro atoms. The van der Waals surface area contributed by atoms with Gasteiger partial charge in [0.15, 0.2) is 5.69 Å². The van der Waals surface area contributed by atoms with Gasteiger partial charge in [-0.3, -0.25) is 4.79 Å². The molecule has 0 N–H and O–H groups in total. The van der Waals surface area contributed by atoms with Crippen molar-refractivity contribution >= 4 is 11.7 Å². The lowest BCUT2D eigenvalue weighted by molar-refractivity contribution is -0.141. The van der Waals surface area contributed by atoms with E-state index in [1.54, 1.807) is 9.80 Å². The molecular formula is C19H18F3N7O. The first-order valence-electron chi connectivity index (χ1n) is 9.26. The fraction of sp³-hybridized carbons (Fsp3) is 0.316. The van der Waals surface area contributed by atoms with Gasteiger partial charge in [-0.1, -0.05) is 18.2 Å². The Bertz CT molecular complexity index is 1040. The van der Waals surface area contributed by atoms with Gasteiger partial charge in [-0.05, 0) is 19.1 Å². The van der Waals surface area contributed by atoms with Crippen LogP contribution in [-0.4, -0.2) is 61.9 Å². The smallest absolute Gasteiger partial charge is 0.353 e. The number of para-hydroxylation sites is 1. The summed E-state index contributed by atoms with van der Waals surface area (Å²) in [6.45, 7) is 2.80. The maximum absolute atomic E-state index is 13.0. The normalized spacial score (nSPS) is 14.8. The van der Waals surface area contributed by atoms with E-state index in [1.807, 2.05) is 30.3 Å². The van der Waals surface area contributed by atoms with Crippen LogP contribution in [0.25, 0.3) is 5.69 Å². The molecule has 0 saturated carbocycles. The monoisotopic (exact) mass is 417 g/mol. The van der Waals surface area contributed by atoms with Crippen LogP contribution in [0.4, 0.5) is 19.0 Å². The second-order valence-electron chi connectivity index (χ2n) is 6.79. The predicted molar refractivity (Wildman–Crippen MR) is 101 cm³/mol. The number of alkyl halides is 3. The number of anilines is 1. The fourth-order valence-electron chi connectivity index (χ4n) is 3.21. The molecule has 1 saturated heterocycles. The number of carbonyl (C=O) groups excluding carboxylic acids is 1. The van der Waals surface area contributed by atoms with Crippen LogP contribution < -0.4 is 4.90 Å². The van der Waals surface area contributed by atoms with Gasteiger partial charge in [0.1, 0.15) is 17.3 Å². The van der Waals surface area contributed by atoms with Crippen LogP contribution >= 0.6 is 0 Å². The number of amides is 1. The molecule has 1 aliphatic heterocycles. The minimum absolute atomic E-state index is 0.0517. The summed E-state index contributed by atoms with van der Waals surface area (Å²) in [5.41, 5.74) is -0.0217. The molecule has 0 aliphatic carbocycles. The summed E-state index contributed by atoms with van der Waals surface area (Å²) < 4.78 is 39.1. The summed E-state index contributed by atoms with van der Waals surface area (Å²) >= 11 is 0. The summed E-state index contributed by atoms with van der Waals surface area (Å²) in [7, 11) is 0. The molecule has 0 atom stereocenters. The third kappa shape index (κ3) is 4.09. The highest BCUT2D eigenvalue weighted by Gasteiger charge is 2.34. The third-order valence-electron chi connectivity index (χ3n) is 4.70. The molecule has 1 amide bonds. The number of piperazine rings is 1. The summed E-state index contributed by atoms with van der Waals surface area (Å²) in [4.78, 5) is 25.0. The highest BCUT2D eigenvalue weighted by Crippen LogP contribution is 2.30. The van der Waals surface area contributed by atoms with Gasteiger partial charge < -0.3 is 9.80 Å². The molecule has 0 bridgehead atoms. The first kappa shape index (κ1) is 19.8. The molecule has 30 heavy (non-hydrogen) atoms. The largest absolute Gasteiger partial charge is 0.433 e. The number of hydrogen-bond donors (Lipinski definition) is 0. The van der Waals surface area contributed by atoms with Crippen molar-refractivity contribution in [1.29, 1.82) is 0 Å². The summed E-state index contributed by atoms with van der Waals surface area (Å²) in [5, 5.41) is 8.37. The number of hydrogen-bond acceptors (Lipinski definition) is 6. The topological polar surface area (TPSA) is 80.0 Å². The van der Waals surface area contributed by atoms with Crippen LogP contribution in [0.3, 0.4) is 0 Å². The lowest BCUT2D eigenvalue weighted by Crippen LogP contribution is -2.49. The van der Waals surface area contributed by atoms with Gasteiger partial charge >= 0.3 is 6.18 Å². The number of benzene rings is 1. The molecule has 0 radical (unpaired) electrons. The van der Waals surface area contributed by atoms with Gasteiger partial charge in [0.25, 0.3) is 5.91 Å². The Morgan fingerprint density at radius 1 is 1.03 bits per heavy atom. The van der Waals surface area contributed by atoms with Crippen molar-refractivity contribution < 1.29 is 18.0 Å². The van der Waals surface area contributed by atoms with Crippen molar-refractivity contribution in [2.75, 3.05) is 31.1 Å². The van der Waals surface area contributed by atoms with Crippen molar-refractivity contribution in [3.05, 3.63) is 59.8 Å². The number of nitrogens with zero attached hydrogens (tertiary/aromatic N) is 7. The first-order chi connectivity index (χ1) is 14.3. The van der Waals surface area contributed by atoms with Gasteiger partial charge in [-0.2, -0.15) is 23.1 Å². The second kappa shape index (κ2) is 7.73. The van der Waals surface area contributed by atoms with E-state index in [2.05, 4.69) is 20.2 Å². The summed E-state index contributed by atoms with van der Waals surface area (Å²) in [6, 6.07) is 10.2. The standard InChI is InChI=1S/C19H18F3N7O/c1-13-24-16(19(20,21)22)11-17(25-13)27-7-9-28(10-8-27)18(30)15-12-23-29(26-15)14-5-3-2-4-6-14/h2-6,11-12H,7-10H2,1H3. The van der Waals surface area contributed by atoms with Crippen molar-refractivity contribution in [2.24, 2.45) is 0 Å². The van der Waals surface area contributed by atoms with Gasteiger partial charge in [-0.25, -0.2) is 9.97 Å². The van der Waals surface area contributed by atoms with E-state index in [0.717, 1.165) is 11.8 Å². The van der Waals surface area contributed by atoms with Gasteiger partial charge in [0.2, 0.25) is 0 Å². The predicted octanol–water partition coefficient (Wildman–Crippen LogP) is 2.35. The minimum atomic E-state index is -4.54. The maximum Gasteiger partial charge on any atom is 0.433 e. The number of aromatic nitrogens is 5. The molecule has 8 nitrogen and oxygen atoms in total. The van der Waals surface area contributed by atoms with Crippen molar-refractivity contribution in [2.45, 2.75) is 13.1 Å². The lowest BCUT2D eigenvalue weighted by atomic mass is 10.2.